The standard InChI is InChI=1S/C9H12N2O3/c12-9(13)8-2-1-7(14-8)5-11-4-3-10-6-11/h3-4,6-8H,1-2,5H2,(H,12,13). The van der Waals surface area contributed by atoms with Crippen molar-refractivity contribution in [1.82, 2.24) is 9.55 Å². The van der Waals surface area contributed by atoms with E-state index < -0.39 is 12.1 Å². The number of aliphatic carboxylic acids is 1. The van der Waals surface area contributed by atoms with Gasteiger partial charge < -0.3 is 14.4 Å². The van der Waals surface area contributed by atoms with Gasteiger partial charge in [0.05, 0.1) is 12.4 Å². The van der Waals surface area contributed by atoms with Crippen LogP contribution >= 0.6 is 0 Å². The first-order chi connectivity index (χ1) is 6.75. The minimum Gasteiger partial charge on any atom is -0.479 e. The van der Waals surface area contributed by atoms with Gasteiger partial charge in [0.2, 0.25) is 0 Å². The summed E-state index contributed by atoms with van der Waals surface area (Å²) in [5.41, 5.74) is 0. The molecule has 2 atom stereocenters. The first-order valence-corrected chi connectivity index (χ1v) is 4.59. The molecule has 1 saturated heterocycles. The van der Waals surface area contributed by atoms with Crippen LogP contribution in [-0.4, -0.2) is 32.8 Å². The number of carboxylic acids is 1. The molecule has 1 aliphatic heterocycles. The average molecular weight is 196 g/mol. The van der Waals surface area contributed by atoms with Gasteiger partial charge in [0, 0.05) is 18.9 Å². The van der Waals surface area contributed by atoms with Gasteiger partial charge in [0.1, 0.15) is 0 Å². The van der Waals surface area contributed by atoms with Crippen molar-refractivity contribution in [2.75, 3.05) is 0 Å². The van der Waals surface area contributed by atoms with Crippen LogP contribution < -0.4 is 0 Å². The highest BCUT2D eigenvalue weighted by Crippen LogP contribution is 2.20. The summed E-state index contributed by atoms with van der Waals surface area (Å²) in [6, 6.07) is 0. The van der Waals surface area contributed by atoms with Gasteiger partial charge in [-0.3, -0.25) is 0 Å². The van der Waals surface area contributed by atoms with Crippen LogP contribution in [0.2, 0.25) is 0 Å². The molecule has 0 aliphatic carbocycles. The Kier molecular flexibility index (Phi) is 2.49. The fourth-order valence-corrected chi connectivity index (χ4v) is 1.65. The van der Waals surface area contributed by atoms with Crippen LogP contribution in [-0.2, 0) is 16.1 Å². The SMILES string of the molecule is O=C(O)C1CCC(Cn2ccnc2)O1. The molecule has 1 fully saturated rings. The third-order valence-corrected chi connectivity index (χ3v) is 2.36. The number of hydrogen-bond acceptors (Lipinski definition) is 3. The Morgan fingerprint density at radius 1 is 1.64 bits per heavy atom. The zero-order chi connectivity index (χ0) is 9.97. The van der Waals surface area contributed by atoms with Crippen LogP contribution in [0.15, 0.2) is 18.7 Å². The second-order valence-corrected chi connectivity index (χ2v) is 3.42. The predicted octanol–water partition coefficient (Wildman–Crippen LogP) is 0.515. The maximum Gasteiger partial charge on any atom is 0.332 e. The number of rotatable bonds is 3. The summed E-state index contributed by atoms with van der Waals surface area (Å²) in [7, 11) is 0. The van der Waals surface area contributed by atoms with Gasteiger partial charge in [-0.15, -0.1) is 0 Å². The van der Waals surface area contributed by atoms with Crippen LogP contribution in [0.4, 0.5) is 0 Å². The van der Waals surface area contributed by atoms with E-state index in [2.05, 4.69) is 4.98 Å². The molecule has 0 saturated carbocycles. The van der Waals surface area contributed by atoms with E-state index in [4.69, 9.17) is 9.84 Å². The molecule has 5 heteroatoms. The van der Waals surface area contributed by atoms with Gasteiger partial charge in [-0.2, -0.15) is 0 Å². The van der Waals surface area contributed by atoms with Crippen LogP contribution in [0.25, 0.3) is 0 Å². The lowest BCUT2D eigenvalue weighted by Gasteiger charge is -2.11. The summed E-state index contributed by atoms with van der Waals surface area (Å²) in [5, 5.41) is 8.71. The van der Waals surface area contributed by atoms with Gasteiger partial charge in [0.25, 0.3) is 0 Å². The molecule has 0 bridgehead atoms. The Bertz CT molecular complexity index is 310. The molecule has 1 aromatic heterocycles. The van der Waals surface area contributed by atoms with E-state index >= 15 is 0 Å². The van der Waals surface area contributed by atoms with Crippen LogP contribution in [0.5, 0.6) is 0 Å². The quantitative estimate of drug-likeness (QED) is 0.765. The Labute approximate surface area is 81.3 Å². The summed E-state index contributed by atoms with van der Waals surface area (Å²) in [5.74, 6) is -0.863. The molecule has 1 N–H and O–H groups in total. The molecule has 1 aliphatic rings. The lowest BCUT2D eigenvalue weighted by molar-refractivity contribution is -0.149. The molecule has 0 radical (unpaired) electrons. The number of hydrogen-bond donors (Lipinski definition) is 1. The third-order valence-electron chi connectivity index (χ3n) is 2.36. The summed E-state index contributed by atoms with van der Waals surface area (Å²) < 4.78 is 7.25. The molecule has 76 valence electrons. The number of nitrogens with zero attached hydrogens (tertiary/aromatic N) is 2. The van der Waals surface area contributed by atoms with E-state index in [0.717, 1.165) is 6.42 Å². The Morgan fingerprint density at radius 2 is 2.50 bits per heavy atom. The summed E-state index contributed by atoms with van der Waals surface area (Å²) in [6.45, 7) is 0.684. The fraction of sp³-hybridized carbons (Fsp3) is 0.556. The minimum absolute atomic E-state index is 0.00491. The molecule has 1 aromatic rings. The number of aromatic nitrogens is 2. The second-order valence-electron chi connectivity index (χ2n) is 3.42. The number of imidazole rings is 1. The monoisotopic (exact) mass is 196 g/mol. The lowest BCUT2D eigenvalue weighted by Crippen LogP contribution is -2.22. The van der Waals surface area contributed by atoms with Crippen molar-refractivity contribution in [3.05, 3.63) is 18.7 Å². The van der Waals surface area contributed by atoms with E-state index in [9.17, 15) is 4.79 Å². The first kappa shape index (κ1) is 9.21. The molecule has 0 amide bonds. The third kappa shape index (κ3) is 1.93. The number of ether oxygens (including phenoxy) is 1. The smallest absolute Gasteiger partial charge is 0.332 e. The number of carboxylic acid groups (broad SMARTS) is 1. The highest BCUT2D eigenvalue weighted by molar-refractivity contribution is 5.72. The van der Waals surface area contributed by atoms with Crippen molar-refractivity contribution >= 4 is 5.97 Å². The largest absolute Gasteiger partial charge is 0.479 e. The molecular weight excluding hydrogens is 184 g/mol. The summed E-state index contributed by atoms with van der Waals surface area (Å²) >= 11 is 0. The van der Waals surface area contributed by atoms with Crippen molar-refractivity contribution in [2.45, 2.75) is 31.6 Å². The minimum atomic E-state index is -0.863. The zero-order valence-electron chi connectivity index (χ0n) is 7.67. The van der Waals surface area contributed by atoms with E-state index in [1.807, 2.05) is 10.8 Å². The second kappa shape index (κ2) is 3.79. The van der Waals surface area contributed by atoms with Crippen molar-refractivity contribution in [3.8, 4) is 0 Å². The maximum atomic E-state index is 10.6. The molecule has 0 spiro atoms. The van der Waals surface area contributed by atoms with Gasteiger partial charge in [-0.1, -0.05) is 0 Å². The van der Waals surface area contributed by atoms with Crippen LogP contribution in [0.1, 0.15) is 12.8 Å². The molecule has 2 rings (SSSR count). The highest BCUT2D eigenvalue weighted by atomic mass is 16.5. The summed E-state index contributed by atoms with van der Waals surface area (Å²) in [6.07, 6.45) is 6.04. The van der Waals surface area contributed by atoms with Crippen molar-refractivity contribution in [3.63, 3.8) is 0 Å². The van der Waals surface area contributed by atoms with Crippen molar-refractivity contribution < 1.29 is 14.6 Å². The molecule has 2 heterocycles. The summed E-state index contributed by atoms with van der Waals surface area (Å²) in [4.78, 5) is 14.5. The lowest BCUT2D eigenvalue weighted by atomic mass is 10.2. The Morgan fingerprint density at radius 3 is 3.07 bits per heavy atom. The van der Waals surface area contributed by atoms with Crippen molar-refractivity contribution in [1.29, 1.82) is 0 Å². The predicted molar refractivity (Wildman–Crippen MR) is 47.8 cm³/mol. The molecule has 5 nitrogen and oxygen atoms in total. The first-order valence-electron chi connectivity index (χ1n) is 4.59. The van der Waals surface area contributed by atoms with E-state index in [-0.39, 0.29) is 6.10 Å². The van der Waals surface area contributed by atoms with Gasteiger partial charge in [-0.25, -0.2) is 9.78 Å². The van der Waals surface area contributed by atoms with Gasteiger partial charge in [0.15, 0.2) is 6.10 Å². The van der Waals surface area contributed by atoms with E-state index in [0.29, 0.717) is 13.0 Å². The molecule has 0 aromatic carbocycles. The molecular formula is C9H12N2O3. The van der Waals surface area contributed by atoms with Gasteiger partial charge in [-0.05, 0) is 12.8 Å². The van der Waals surface area contributed by atoms with Crippen molar-refractivity contribution in [2.24, 2.45) is 0 Å². The van der Waals surface area contributed by atoms with Crippen LogP contribution in [0, 0.1) is 0 Å². The normalized spacial score (nSPS) is 26.6. The van der Waals surface area contributed by atoms with Gasteiger partial charge >= 0.3 is 5.97 Å². The molecule has 14 heavy (non-hydrogen) atoms. The molecule has 2 unspecified atom stereocenters. The maximum absolute atomic E-state index is 10.6. The Hall–Kier alpha value is -1.36. The fourth-order valence-electron chi connectivity index (χ4n) is 1.65. The average Bonchev–Trinajstić information content (AvgIpc) is 2.75. The Balaban J connectivity index is 1.87. The zero-order valence-corrected chi connectivity index (χ0v) is 7.67. The van der Waals surface area contributed by atoms with Crippen LogP contribution in [0.3, 0.4) is 0 Å². The topological polar surface area (TPSA) is 64.3 Å². The highest BCUT2D eigenvalue weighted by Gasteiger charge is 2.30. The van der Waals surface area contributed by atoms with E-state index in [1.54, 1.807) is 12.5 Å². The van der Waals surface area contributed by atoms with E-state index in [1.165, 1.54) is 0 Å². The number of carbonyl (C=O) groups is 1.